The summed E-state index contributed by atoms with van der Waals surface area (Å²) in [7, 11) is 0. The molecule has 29 heavy (non-hydrogen) atoms. The quantitative estimate of drug-likeness (QED) is 0.773. The van der Waals surface area contributed by atoms with Crippen LogP contribution in [0.1, 0.15) is 47.2 Å². The molecule has 1 N–H and O–H groups in total. The van der Waals surface area contributed by atoms with Gasteiger partial charge in [-0.2, -0.15) is 0 Å². The summed E-state index contributed by atoms with van der Waals surface area (Å²) >= 11 is 0. The average molecular weight is 393 g/mol. The summed E-state index contributed by atoms with van der Waals surface area (Å²) in [6.07, 6.45) is 6.05. The molecule has 2 fully saturated rings. The fourth-order valence-electron chi connectivity index (χ4n) is 4.43. The maximum atomic E-state index is 12.3. The van der Waals surface area contributed by atoms with Crippen molar-refractivity contribution in [3.05, 3.63) is 71.3 Å². The molecule has 0 radical (unpaired) electrons. The van der Waals surface area contributed by atoms with Crippen LogP contribution in [0.15, 0.2) is 54.6 Å². The largest absolute Gasteiger partial charge is 0.376 e. The third-order valence-corrected chi connectivity index (χ3v) is 6.21. The maximum absolute atomic E-state index is 12.3. The van der Waals surface area contributed by atoms with Crippen molar-refractivity contribution in [1.29, 1.82) is 0 Å². The highest BCUT2D eigenvalue weighted by molar-refractivity contribution is 5.94. The Labute approximate surface area is 174 Å². The number of amides is 1. The lowest BCUT2D eigenvalue weighted by atomic mass is 9.90. The Bertz CT molecular complexity index is 761. The number of hydrogen-bond acceptors (Lipinski definition) is 3. The van der Waals surface area contributed by atoms with E-state index < -0.39 is 0 Å². The van der Waals surface area contributed by atoms with E-state index in [2.05, 4.69) is 52.7 Å². The van der Waals surface area contributed by atoms with Gasteiger partial charge in [-0.15, -0.1) is 0 Å². The first-order valence-corrected chi connectivity index (χ1v) is 11.0. The van der Waals surface area contributed by atoms with Gasteiger partial charge in [-0.3, -0.25) is 9.69 Å². The van der Waals surface area contributed by atoms with Crippen molar-refractivity contribution < 1.29 is 9.53 Å². The van der Waals surface area contributed by atoms with Gasteiger partial charge in [0.15, 0.2) is 0 Å². The second-order valence-electron chi connectivity index (χ2n) is 8.45. The third kappa shape index (κ3) is 5.91. The second kappa shape index (κ2) is 10.0. The molecule has 0 aromatic heterocycles. The van der Waals surface area contributed by atoms with Crippen LogP contribution in [0.5, 0.6) is 0 Å². The molecule has 2 aliphatic rings. The fourth-order valence-corrected chi connectivity index (χ4v) is 4.43. The van der Waals surface area contributed by atoms with Crippen LogP contribution in [0, 0.1) is 5.92 Å². The third-order valence-electron chi connectivity index (χ3n) is 6.21. The standard InChI is InChI=1S/C25H32N2O2/c28-25(26-18-24-7-4-16-29-24)23-10-8-22(9-11-23)19-27-14-12-21(13-15-27)17-20-5-2-1-3-6-20/h1-3,5-6,8-11,21,24H,4,7,12-19H2,(H,26,28). The van der Waals surface area contributed by atoms with Gasteiger partial charge >= 0.3 is 0 Å². The molecule has 154 valence electrons. The highest BCUT2D eigenvalue weighted by Gasteiger charge is 2.20. The molecule has 4 rings (SSSR count). The Morgan fingerprint density at radius 1 is 0.966 bits per heavy atom. The van der Waals surface area contributed by atoms with Gasteiger partial charge in [0.2, 0.25) is 0 Å². The summed E-state index contributed by atoms with van der Waals surface area (Å²) in [5.41, 5.74) is 3.47. The van der Waals surface area contributed by atoms with E-state index in [0.717, 1.165) is 50.6 Å². The fraction of sp³-hybridized carbons (Fsp3) is 0.480. The van der Waals surface area contributed by atoms with E-state index in [-0.39, 0.29) is 12.0 Å². The van der Waals surface area contributed by atoms with Gasteiger partial charge in [0.05, 0.1) is 6.10 Å². The van der Waals surface area contributed by atoms with Crippen LogP contribution < -0.4 is 5.32 Å². The Hall–Kier alpha value is -2.17. The number of likely N-dealkylation sites (tertiary alicyclic amines) is 1. The first kappa shape index (κ1) is 20.1. The molecule has 0 spiro atoms. The van der Waals surface area contributed by atoms with Crippen molar-refractivity contribution >= 4 is 5.91 Å². The van der Waals surface area contributed by atoms with Gasteiger partial charge in [0.1, 0.15) is 0 Å². The van der Waals surface area contributed by atoms with Crippen molar-refractivity contribution in [2.45, 2.75) is 44.8 Å². The number of carbonyl (C=O) groups is 1. The van der Waals surface area contributed by atoms with Crippen LogP contribution in [0.3, 0.4) is 0 Å². The van der Waals surface area contributed by atoms with Gasteiger partial charge in [-0.05, 0) is 74.4 Å². The number of nitrogens with zero attached hydrogens (tertiary/aromatic N) is 1. The zero-order valence-corrected chi connectivity index (χ0v) is 17.2. The number of benzene rings is 2. The van der Waals surface area contributed by atoms with Gasteiger partial charge in [0, 0.05) is 25.3 Å². The van der Waals surface area contributed by atoms with Gasteiger partial charge in [-0.1, -0.05) is 42.5 Å². The monoisotopic (exact) mass is 392 g/mol. The molecular formula is C25H32N2O2. The van der Waals surface area contributed by atoms with Crippen LogP contribution in [0.25, 0.3) is 0 Å². The Morgan fingerprint density at radius 2 is 1.72 bits per heavy atom. The Kier molecular flexibility index (Phi) is 6.96. The highest BCUT2D eigenvalue weighted by atomic mass is 16.5. The maximum Gasteiger partial charge on any atom is 0.251 e. The normalized spacial score (nSPS) is 20.6. The molecule has 4 nitrogen and oxygen atoms in total. The number of ether oxygens (including phenoxy) is 1. The molecule has 2 heterocycles. The summed E-state index contributed by atoms with van der Waals surface area (Å²) < 4.78 is 5.56. The van der Waals surface area contributed by atoms with E-state index in [1.807, 2.05) is 12.1 Å². The molecule has 0 bridgehead atoms. The SMILES string of the molecule is O=C(NCC1CCCO1)c1ccc(CN2CCC(Cc3ccccc3)CC2)cc1. The number of hydrogen-bond donors (Lipinski definition) is 1. The molecular weight excluding hydrogens is 360 g/mol. The van der Waals surface area contributed by atoms with E-state index in [1.165, 1.54) is 30.4 Å². The molecule has 0 aliphatic carbocycles. The molecule has 1 amide bonds. The molecule has 2 aliphatic heterocycles. The minimum atomic E-state index is -0.00576. The minimum Gasteiger partial charge on any atom is -0.376 e. The van der Waals surface area contributed by atoms with Crippen LogP contribution in [-0.2, 0) is 17.7 Å². The van der Waals surface area contributed by atoms with Crippen molar-refractivity contribution in [2.24, 2.45) is 5.92 Å². The molecule has 2 aromatic rings. The van der Waals surface area contributed by atoms with Gasteiger partial charge in [0.25, 0.3) is 5.91 Å². The lowest BCUT2D eigenvalue weighted by molar-refractivity contribution is 0.0857. The van der Waals surface area contributed by atoms with Crippen molar-refractivity contribution in [3.8, 4) is 0 Å². The molecule has 1 unspecified atom stereocenters. The Balaban J connectivity index is 1.20. The summed E-state index contributed by atoms with van der Waals surface area (Å²) in [5.74, 6) is 0.789. The smallest absolute Gasteiger partial charge is 0.251 e. The van der Waals surface area contributed by atoms with Crippen molar-refractivity contribution in [1.82, 2.24) is 10.2 Å². The molecule has 4 heteroatoms. The molecule has 2 saturated heterocycles. The topological polar surface area (TPSA) is 41.6 Å². The van der Waals surface area contributed by atoms with Crippen LogP contribution in [0.2, 0.25) is 0 Å². The first-order chi connectivity index (χ1) is 14.3. The molecule has 0 saturated carbocycles. The summed E-state index contributed by atoms with van der Waals surface area (Å²) in [6, 6.07) is 18.9. The van der Waals surface area contributed by atoms with E-state index >= 15 is 0 Å². The van der Waals surface area contributed by atoms with E-state index in [9.17, 15) is 4.79 Å². The van der Waals surface area contributed by atoms with Gasteiger partial charge in [-0.25, -0.2) is 0 Å². The first-order valence-electron chi connectivity index (χ1n) is 11.0. The average Bonchev–Trinajstić information content (AvgIpc) is 3.28. The lowest BCUT2D eigenvalue weighted by Gasteiger charge is -2.32. The number of rotatable bonds is 7. The summed E-state index contributed by atoms with van der Waals surface area (Å²) in [6.45, 7) is 4.70. The van der Waals surface area contributed by atoms with Crippen LogP contribution in [-0.4, -0.2) is 43.2 Å². The number of nitrogens with one attached hydrogen (secondary N) is 1. The summed E-state index contributed by atoms with van der Waals surface area (Å²) in [5, 5.41) is 2.99. The van der Waals surface area contributed by atoms with Gasteiger partial charge < -0.3 is 10.1 Å². The predicted octanol–water partition coefficient (Wildman–Crippen LogP) is 4.05. The zero-order valence-electron chi connectivity index (χ0n) is 17.2. The van der Waals surface area contributed by atoms with Crippen LogP contribution in [0.4, 0.5) is 0 Å². The molecule has 2 aromatic carbocycles. The van der Waals surface area contributed by atoms with E-state index in [0.29, 0.717) is 6.54 Å². The number of carbonyl (C=O) groups excluding carboxylic acids is 1. The highest BCUT2D eigenvalue weighted by Crippen LogP contribution is 2.23. The summed E-state index contributed by atoms with van der Waals surface area (Å²) in [4.78, 5) is 14.8. The van der Waals surface area contributed by atoms with Crippen molar-refractivity contribution in [3.63, 3.8) is 0 Å². The molecule has 1 atom stereocenters. The van der Waals surface area contributed by atoms with Crippen molar-refractivity contribution in [2.75, 3.05) is 26.2 Å². The lowest BCUT2D eigenvalue weighted by Crippen LogP contribution is -2.34. The van der Waals surface area contributed by atoms with Crippen LogP contribution >= 0.6 is 0 Å². The minimum absolute atomic E-state index is 0.00576. The second-order valence-corrected chi connectivity index (χ2v) is 8.45. The van der Waals surface area contributed by atoms with E-state index in [1.54, 1.807) is 0 Å². The number of piperidine rings is 1. The zero-order chi connectivity index (χ0) is 19.9. The van der Waals surface area contributed by atoms with E-state index in [4.69, 9.17) is 4.74 Å². The Morgan fingerprint density at radius 3 is 2.41 bits per heavy atom. The predicted molar refractivity (Wildman–Crippen MR) is 116 cm³/mol.